The van der Waals surface area contributed by atoms with Crippen molar-refractivity contribution in [1.82, 2.24) is 35.1 Å². The van der Waals surface area contributed by atoms with E-state index in [-0.39, 0.29) is 35.7 Å². The quantitative estimate of drug-likeness (QED) is 0.174. The molecule has 4 aromatic rings. The Morgan fingerprint density at radius 2 is 1.87 bits per heavy atom. The number of carboxylic acids is 1. The van der Waals surface area contributed by atoms with Crippen molar-refractivity contribution in [3.63, 3.8) is 0 Å². The largest absolute Gasteiger partial charge is 0.481 e. The summed E-state index contributed by atoms with van der Waals surface area (Å²) in [5.41, 5.74) is 7.93. The SMILES string of the molecule is CCNCCNCc1cnc(Nc2ncc(F)c(-c3cc(F)c4nc(C)n(CCC(=O)O)c4c3)n2)cc1N. The molecule has 0 spiro atoms. The highest BCUT2D eigenvalue weighted by atomic mass is 19.1. The minimum atomic E-state index is -0.997. The third-order valence-electron chi connectivity index (χ3n) is 5.87. The fourth-order valence-electron chi connectivity index (χ4n) is 3.96. The van der Waals surface area contributed by atoms with Crippen LogP contribution in [0.1, 0.15) is 24.7 Å². The predicted molar refractivity (Wildman–Crippen MR) is 140 cm³/mol. The molecule has 0 amide bonds. The highest BCUT2D eigenvalue weighted by Gasteiger charge is 2.18. The molecule has 0 aliphatic heterocycles. The lowest BCUT2D eigenvalue weighted by Gasteiger charge is -2.11. The number of anilines is 3. The van der Waals surface area contributed by atoms with Crippen molar-refractivity contribution < 1.29 is 18.7 Å². The molecule has 0 saturated carbocycles. The van der Waals surface area contributed by atoms with Gasteiger partial charge in [0.2, 0.25) is 5.95 Å². The van der Waals surface area contributed by atoms with Gasteiger partial charge in [0.1, 0.15) is 22.9 Å². The molecule has 0 radical (unpaired) electrons. The number of likely N-dealkylation sites (N-methyl/N-ethyl adjacent to an activating group) is 1. The smallest absolute Gasteiger partial charge is 0.305 e. The first-order valence-corrected chi connectivity index (χ1v) is 12.1. The molecule has 0 saturated heterocycles. The van der Waals surface area contributed by atoms with E-state index in [2.05, 4.69) is 35.9 Å². The topological polar surface area (TPSA) is 156 Å². The van der Waals surface area contributed by atoms with Crippen molar-refractivity contribution in [1.29, 1.82) is 0 Å². The number of benzene rings is 1. The number of aliphatic carboxylic acids is 1. The second-order valence-corrected chi connectivity index (χ2v) is 8.59. The Balaban J connectivity index is 1.57. The molecule has 13 heteroatoms. The maximum absolute atomic E-state index is 14.9. The van der Waals surface area contributed by atoms with E-state index in [4.69, 9.17) is 10.8 Å². The van der Waals surface area contributed by atoms with Gasteiger partial charge in [0, 0.05) is 55.3 Å². The lowest BCUT2D eigenvalue weighted by atomic mass is 10.1. The van der Waals surface area contributed by atoms with E-state index in [9.17, 15) is 13.6 Å². The fourth-order valence-corrected chi connectivity index (χ4v) is 3.96. The molecule has 38 heavy (non-hydrogen) atoms. The maximum Gasteiger partial charge on any atom is 0.305 e. The number of pyridine rings is 1. The van der Waals surface area contributed by atoms with Gasteiger partial charge in [-0.3, -0.25) is 4.79 Å². The van der Waals surface area contributed by atoms with Crippen molar-refractivity contribution in [2.45, 2.75) is 33.4 Å². The summed E-state index contributed by atoms with van der Waals surface area (Å²) in [6.07, 6.45) is 2.44. The Morgan fingerprint density at radius 1 is 1.08 bits per heavy atom. The average Bonchev–Trinajstić information content (AvgIpc) is 3.20. The number of aromatic nitrogens is 5. The number of nitrogens with two attached hydrogens (primary N) is 1. The zero-order valence-corrected chi connectivity index (χ0v) is 21.1. The number of carbonyl (C=O) groups is 1. The summed E-state index contributed by atoms with van der Waals surface area (Å²) in [6, 6.07) is 4.30. The summed E-state index contributed by atoms with van der Waals surface area (Å²) in [5, 5.41) is 18.5. The van der Waals surface area contributed by atoms with Gasteiger partial charge in [0.15, 0.2) is 11.6 Å². The van der Waals surface area contributed by atoms with E-state index in [0.717, 1.165) is 37.5 Å². The summed E-state index contributed by atoms with van der Waals surface area (Å²) >= 11 is 0. The number of aryl methyl sites for hydroxylation is 2. The second-order valence-electron chi connectivity index (χ2n) is 8.59. The standard InChI is InChI=1S/C25H29F2N9O2/c1-3-29-5-6-30-11-16-12-31-21(10-19(16)28)34-25-32-13-18(27)23(35-25)15-8-17(26)24-20(9-15)36(14(2)33-24)7-4-22(37)38/h8-10,12-13,29-30H,3-7,11H2,1-2H3,(H,37,38)(H3,28,31,32,34,35). The number of carboxylic acid groups (broad SMARTS) is 1. The Kier molecular flexibility index (Phi) is 8.38. The first-order chi connectivity index (χ1) is 18.3. The molecule has 0 fully saturated rings. The van der Waals surface area contributed by atoms with E-state index in [1.54, 1.807) is 23.8 Å². The van der Waals surface area contributed by atoms with Crippen LogP contribution in [-0.4, -0.2) is 55.2 Å². The van der Waals surface area contributed by atoms with Crippen molar-refractivity contribution in [2.24, 2.45) is 0 Å². The summed E-state index contributed by atoms with van der Waals surface area (Å²) in [4.78, 5) is 27.8. The number of hydrogen-bond acceptors (Lipinski definition) is 9. The van der Waals surface area contributed by atoms with Crippen molar-refractivity contribution in [3.05, 3.63) is 53.6 Å². The zero-order valence-electron chi connectivity index (χ0n) is 21.1. The van der Waals surface area contributed by atoms with Crippen molar-refractivity contribution in [2.75, 3.05) is 30.7 Å². The van der Waals surface area contributed by atoms with E-state index in [1.165, 1.54) is 6.07 Å². The lowest BCUT2D eigenvalue weighted by Crippen LogP contribution is -2.27. The van der Waals surface area contributed by atoms with Crippen LogP contribution in [0, 0.1) is 18.6 Å². The van der Waals surface area contributed by atoms with Gasteiger partial charge < -0.3 is 31.4 Å². The third-order valence-corrected chi connectivity index (χ3v) is 5.87. The van der Waals surface area contributed by atoms with Crippen LogP contribution < -0.4 is 21.7 Å². The summed E-state index contributed by atoms with van der Waals surface area (Å²) in [6.45, 7) is 6.87. The summed E-state index contributed by atoms with van der Waals surface area (Å²) < 4.78 is 31.3. The van der Waals surface area contributed by atoms with Gasteiger partial charge in [-0.1, -0.05) is 6.92 Å². The number of nitrogens with zero attached hydrogens (tertiary/aromatic N) is 5. The first-order valence-electron chi connectivity index (χ1n) is 12.1. The molecule has 3 aromatic heterocycles. The van der Waals surface area contributed by atoms with E-state index >= 15 is 0 Å². The second kappa shape index (κ2) is 11.9. The molecular weight excluding hydrogens is 496 g/mol. The zero-order chi connectivity index (χ0) is 27.2. The van der Waals surface area contributed by atoms with Crippen LogP contribution in [0.25, 0.3) is 22.3 Å². The van der Waals surface area contributed by atoms with Crippen LogP contribution in [0.4, 0.5) is 26.2 Å². The van der Waals surface area contributed by atoms with Gasteiger partial charge in [-0.25, -0.2) is 28.7 Å². The molecule has 0 bridgehead atoms. The lowest BCUT2D eigenvalue weighted by molar-refractivity contribution is -0.137. The van der Waals surface area contributed by atoms with Crippen LogP contribution in [-0.2, 0) is 17.9 Å². The Hall–Kier alpha value is -4.23. The van der Waals surface area contributed by atoms with Gasteiger partial charge in [-0.05, 0) is 25.6 Å². The third kappa shape index (κ3) is 6.18. The molecule has 0 aliphatic rings. The Bertz CT molecular complexity index is 1460. The fraction of sp³-hybridized carbons (Fsp3) is 0.320. The molecule has 1 aromatic carbocycles. The Morgan fingerprint density at radius 3 is 2.61 bits per heavy atom. The minimum Gasteiger partial charge on any atom is -0.481 e. The molecule has 4 rings (SSSR count). The number of nitrogen functional groups attached to an aromatic ring is 1. The number of halogens is 2. The molecule has 200 valence electrons. The molecule has 3 heterocycles. The van der Waals surface area contributed by atoms with Gasteiger partial charge in [0.05, 0.1) is 18.1 Å². The molecular formula is C25H29F2N9O2. The van der Waals surface area contributed by atoms with Crippen LogP contribution in [0.15, 0.2) is 30.6 Å². The number of nitrogens with one attached hydrogen (secondary N) is 3. The molecule has 6 N–H and O–H groups in total. The van der Waals surface area contributed by atoms with Crippen LogP contribution in [0.3, 0.4) is 0 Å². The first kappa shape index (κ1) is 26.8. The van der Waals surface area contributed by atoms with Crippen LogP contribution in [0.2, 0.25) is 0 Å². The number of hydrogen-bond donors (Lipinski definition) is 5. The van der Waals surface area contributed by atoms with Crippen LogP contribution in [0.5, 0.6) is 0 Å². The predicted octanol–water partition coefficient (Wildman–Crippen LogP) is 2.97. The number of imidazole rings is 1. The molecule has 0 atom stereocenters. The normalized spacial score (nSPS) is 11.3. The van der Waals surface area contributed by atoms with Gasteiger partial charge in [-0.2, -0.15) is 0 Å². The van der Waals surface area contributed by atoms with Gasteiger partial charge >= 0.3 is 5.97 Å². The maximum atomic E-state index is 14.9. The molecule has 11 nitrogen and oxygen atoms in total. The van der Waals surface area contributed by atoms with E-state index < -0.39 is 17.6 Å². The van der Waals surface area contributed by atoms with Gasteiger partial charge in [-0.15, -0.1) is 0 Å². The highest BCUT2D eigenvalue weighted by Crippen LogP contribution is 2.29. The molecule has 0 unspecified atom stereocenters. The van der Waals surface area contributed by atoms with Crippen molar-refractivity contribution >= 4 is 34.5 Å². The highest BCUT2D eigenvalue weighted by molar-refractivity contribution is 5.83. The van der Waals surface area contributed by atoms with E-state index in [0.29, 0.717) is 29.4 Å². The van der Waals surface area contributed by atoms with Gasteiger partial charge in [0.25, 0.3) is 0 Å². The van der Waals surface area contributed by atoms with Crippen molar-refractivity contribution in [3.8, 4) is 11.3 Å². The summed E-state index contributed by atoms with van der Waals surface area (Å²) in [7, 11) is 0. The van der Waals surface area contributed by atoms with Crippen LogP contribution >= 0.6 is 0 Å². The van der Waals surface area contributed by atoms with E-state index in [1.807, 2.05) is 6.92 Å². The minimum absolute atomic E-state index is 0.0425. The number of rotatable bonds is 12. The Labute approximate surface area is 217 Å². The number of fused-ring (bicyclic) bond motifs is 1. The monoisotopic (exact) mass is 525 g/mol. The average molecular weight is 526 g/mol. The summed E-state index contributed by atoms with van der Waals surface area (Å²) in [5.74, 6) is -1.58. The molecule has 0 aliphatic carbocycles.